The van der Waals surface area contributed by atoms with Gasteiger partial charge in [-0.25, -0.2) is 4.98 Å². The van der Waals surface area contributed by atoms with E-state index in [4.69, 9.17) is 9.72 Å². The van der Waals surface area contributed by atoms with Gasteiger partial charge in [0.15, 0.2) is 0 Å². The van der Waals surface area contributed by atoms with E-state index in [-0.39, 0.29) is 11.9 Å². The summed E-state index contributed by atoms with van der Waals surface area (Å²) >= 11 is 0. The zero-order valence-corrected chi connectivity index (χ0v) is 16.5. The highest BCUT2D eigenvalue weighted by atomic mass is 16.5. The number of nitrogens with one attached hydrogen (secondary N) is 1. The second-order valence-corrected chi connectivity index (χ2v) is 7.15. The molecule has 2 aromatic heterocycles. The van der Waals surface area contributed by atoms with E-state index in [1.807, 2.05) is 62.1 Å². The van der Waals surface area contributed by atoms with E-state index in [0.717, 1.165) is 41.1 Å². The second kappa shape index (κ2) is 7.59. The van der Waals surface area contributed by atoms with E-state index < -0.39 is 0 Å². The molecule has 1 unspecified atom stereocenters. The highest BCUT2D eigenvalue weighted by molar-refractivity contribution is 6.07. The number of anilines is 1. The quantitative estimate of drug-likeness (QED) is 0.754. The van der Waals surface area contributed by atoms with Crippen molar-refractivity contribution in [1.82, 2.24) is 20.1 Å². The van der Waals surface area contributed by atoms with Gasteiger partial charge < -0.3 is 15.0 Å². The number of carbonyl (C=O) groups excluding carboxylic acids is 1. The maximum atomic E-state index is 13.2. The average molecular weight is 379 g/mol. The summed E-state index contributed by atoms with van der Waals surface area (Å²) in [6, 6.07) is 9.53. The van der Waals surface area contributed by atoms with Crippen LogP contribution in [-0.2, 0) is 11.8 Å². The first kappa shape index (κ1) is 18.4. The van der Waals surface area contributed by atoms with Crippen LogP contribution in [0.2, 0.25) is 0 Å². The summed E-state index contributed by atoms with van der Waals surface area (Å²) in [5, 5.41) is 8.26. The number of pyridine rings is 1. The Balaban J connectivity index is 1.68. The predicted molar refractivity (Wildman–Crippen MR) is 109 cm³/mol. The Bertz CT molecular complexity index is 1010. The number of hydrogen-bond acceptors (Lipinski definition) is 5. The molecule has 0 radical (unpaired) electrons. The Morgan fingerprint density at radius 2 is 2.00 bits per heavy atom. The van der Waals surface area contributed by atoms with Gasteiger partial charge in [-0.15, -0.1) is 0 Å². The Kier molecular flexibility index (Phi) is 5.00. The minimum absolute atomic E-state index is 0.108. The molecule has 0 saturated carbocycles. The van der Waals surface area contributed by atoms with Crippen molar-refractivity contribution in [3.63, 3.8) is 0 Å². The summed E-state index contributed by atoms with van der Waals surface area (Å²) in [7, 11) is 1.90. The first-order valence-corrected chi connectivity index (χ1v) is 9.56. The van der Waals surface area contributed by atoms with Crippen LogP contribution >= 0.6 is 0 Å². The molecule has 0 spiro atoms. The number of fused-ring (bicyclic) bond motifs is 1. The summed E-state index contributed by atoms with van der Waals surface area (Å²) in [5.74, 6) is 0.709. The molecule has 1 aromatic carbocycles. The van der Waals surface area contributed by atoms with Crippen molar-refractivity contribution in [2.24, 2.45) is 7.05 Å². The number of carbonyl (C=O) groups is 1. The van der Waals surface area contributed by atoms with Crippen LogP contribution in [0.3, 0.4) is 0 Å². The molecule has 7 nitrogen and oxygen atoms in total. The van der Waals surface area contributed by atoms with Crippen LogP contribution in [0.1, 0.15) is 34.6 Å². The maximum Gasteiger partial charge on any atom is 0.252 e. The fourth-order valence-corrected chi connectivity index (χ4v) is 3.60. The molecule has 1 fully saturated rings. The summed E-state index contributed by atoms with van der Waals surface area (Å²) in [6.45, 7) is 6.88. The fraction of sp³-hybridized carbons (Fsp3) is 0.381. The van der Waals surface area contributed by atoms with Gasteiger partial charge in [0.05, 0.1) is 36.5 Å². The number of aryl methyl sites for hydroxylation is 1. The number of morpholine rings is 1. The van der Waals surface area contributed by atoms with Crippen LogP contribution in [0.5, 0.6) is 0 Å². The van der Waals surface area contributed by atoms with Crippen molar-refractivity contribution >= 4 is 22.6 Å². The van der Waals surface area contributed by atoms with Gasteiger partial charge in [-0.05, 0) is 26.0 Å². The molecule has 4 rings (SSSR count). The third-order valence-corrected chi connectivity index (χ3v) is 5.37. The summed E-state index contributed by atoms with van der Waals surface area (Å²) in [5.41, 5.74) is 3.52. The van der Waals surface area contributed by atoms with Gasteiger partial charge in [-0.3, -0.25) is 9.48 Å². The standard InChI is InChI=1S/C21H25N5O2/c1-14(18-13-22-25(3)15(18)2)23-21(27)17-12-20(26-8-10-28-11-9-26)24-19-7-5-4-6-16(17)19/h4-7,12-14H,8-11H2,1-3H3,(H,23,27). The van der Waals surface area contributed by atoms with Crippen LogP contribution in [0.25, 0.3) is 10.9 Å². The minimum atomic E-state index is -0.139. The predicted octanol–water partition coefficient (Wildman–Crippen LogP) is 2.60. The number of hydrogen-bond donors (Lipinski definition) is 1. The van der Waals surface area contributed by atoms with Crippen LogP contribution < -0.4 is 10.2 Å². The summed E-state index contributed by atoms with van der Waals surface area (Å²) in [6.07, 6.45) is 1.81. The number of amides is 1. The smallest absolute Gasteiger partial charge is 0.252 e. The molecule has 3 heterocycles. The molecule has 0 bridgehead atoms. The van der Waals surface area contributed by atoms with Crippen LogP contribution in [-0.4, -0.2) is 47.0 Å². The molecule has 0 aliphatic carbocycles. The largest absolute Gasteiger partial charge is 0.378 e. The molecule has 1 aliphatic rings. The van der Waals surface area contributed by atoms with Gasteiger partial charge in [0.2, 0.25) is 0 Å². The monoisotopic (exact) mass is 379 g/mol. The lowest BCUT2D eigenvalue weighted by Gasteiger charge is -2.28. The fourth-order valence-electron chi connectivity index (χ4n) is 3.60. The number of benzene rings is 1. The lowest BCUT2D eigenvalue weighted by atomic mass is 10.1. The van der Waals surface area contributed by atoms with E-state index in [1.54, 1.807) is 0 Å². The molecular formula is C21H25N5O2. The van der Waals surface area contributed by atoms with E-state index in [2.05, 4.69) is 15.3 Å². The van der Waals surface area contributed by atoms with Crippen molar-refractivity contribution in [2.75, 3.05) is 31.2 Å². The Labute approximate surface area is 164 Å². The molecule has 28 heavy (non-hydrogen) atoms. The molecule has 1 saturated heterocycles. The third kappa shape index (κ3) is 3.45. The lowest BCUT2D eigenvalue weighted by molar-refractivity contribution is 0.0941. The number of para-hydroxylation sites is 1. The van der Waals surface area contributed by atoms with E-state index in [9.17, 15) is 4.79 Å². The van der Waals surface area contributed by atoms with E-state index >= 15 is 0 Å². The molecule has 1 aliphatic heterocycles. The normalized spacial score (nSPS) is 15.6. The highest BCUT2D eigenvalue weighted by Crippen LogP contribution is 2.25. The van der Waals surface area contributed by atoms with Crippen molar-refractivity contribution < 1.29 is 9.53 Å². The number of nitrogens with zero attached hydrogens (tertiary/aromatic N) is 4. The van der Waals surface area contributed by atoms with Crippen molar-refractivity contribution in [2.45, 2.75) is 19.9 Å². The first-order valence-electron chi connectivity index (χ1n) is 9.56. The van der Waals surface area contributed by atoms with Gasteiger partial charge in [0, 0.05) is 36.8 Å². The van der Waals surface area contributed by atoms with Gasteiger partial charge in [-0.2, -0.15) is 5.10 Å². The van der Waals surface area contributed by atoms with Crippen LogP contribution in [0.4, 0.5) is 5.82 Å². The van der Waals surface area contributed by atoms with E-state index in [0.29, 0.717) is 18.8 Å². The van der Waals surface area contributed by atoms with Gasteiger partial charge in [-0.1, -0.05) is 18.2 Å². The molecule has 1 amide bonds. The zero-order valence-electron chi connectivity index (χ0n) is 16.5. The van der Waals surface area contributed by atoms with Crippen molar-refractivity contribution in [1.29, 1.82) is 0 Å². The highest BCUT2D eigenvalue weighted by Gasteiger charge is 2.20. The van der Waals surface area contributed by atoms with Crippen molar-refractivity contribution in [3.8, 4) is 0 Å². The summed E-state index contributed by atoms with van der Waals surface area (Å²) < 4.78 is 7.26. The molecule has 7 heteroatoms. The van der Waals surface area contributed by atoms with Crippen LogP contribution in [0.15, 0.2) is 36.5 Å². The molecular weight excluding hydrogens is 354 g/mol. The van der Waals surface area contributed by atoms with Gasteiger partial charge in [0.1, 0.15) is 5.82 Å². The van der Waals surface area contributed by atoms with Gasteiger partial charge >= 0.3 is 0 Å². The SMILES string of the molecule is Cc1c(C(C)NC(=O)c2cc(N3CCOCC3)nc3ccccc23)cnn1C. The Morgan fingerprint density at radius 3 is 2.71 bits per heavy atom. The van der Waals surface area contributed by atoms with Crippen molar-refractivity contribution in [3.05, 3.63) is 53.3 Å². The average Bonchev–Trinajstić information content (AvgIpc) is 3.06. The Morgan fingerprint density at radius 1 is 1.25 bits per heavy atom. The van der Waals surface area contributed by atoms with Crippen LogP contribution in [0, 0.1) is 6.92 Å². The molecule has 146 valence electrons. The number of ether oxygens (including phenoxy) is 1. The number of aromatic nitrogens is 3. The first-order chi connectivity index (χ1) is 13.5. The molecule has 1 atom stereocenters. The second-order valence-electron chi connectivity index (χ2n) is 7.15. The maximum absolute atomic E-state index is 13.2. The molecule has 1 N–H and O–H groups in total. The number of rotatable bonds is 4. The topological polar surface area (TPSA) is 72.3 Å². The third-order valence-electron chi connectivity index (χ3n) is 5.37. The lowest BCUT2D eigenvalue weighted by Crippen LogP contribution is -2.37. The minimum Gasteiger partial charge on any atom is -0.378 e. The van der Waals surface area contributed by atoms with Gasteiger partial charge in [0.25, 0.3) is 5.91 Å². The Hall–Kier alpha value is -2.93. The molecule has 3 aromatic rings. The zero-order chi connectivity index (χ0) is 19.7. The van der Waals surface area contributed by atoms with E-state index in [1.165, 1.54) is 0 Å². The summed E-state index contributed by atoms with van der Waals surface area (Å²) in [4.78, 5) is 20.1.